The molecule has 0 aliphatic carbocycles. The highest BCUT2D eigenvalue weighted by Gasteiger charge is 2.16. The molecule has 2 rings (SSSR count). The molecule has 0 fully saturated rings. The molecule has 0 aliphatic rings. The Morgan fingerprint density at radius 1 is 0.808 bits per heavy atom. The molecular weight excluding hydrogens is 336 g/mol. The molecule has 0 amide bonds. The molecule has 0 atom stereocenters. The molecule has 0 aromatic heterocycles. The van der Waals surface area contributed by atoms with Gasteiger partial charge in [0.2, 0.25) is 0 Å². The van der Waals surface area contributed by atoms with Gasteiger partial charge in [0.25, 0.3) is 0 Å². The Labute approximate surface area is 151 Å². The van der Waals surface area contributed by atoms with Crippen LogP contribution >= 0.6 is 0 Å². The quantitative estimate of drug-likeness (QED) is 0.412. The van der Waals surface area contributed by atoms with Crippen molar-refractivity contribution >= 4 is 17.9 Å². The van der Waals surface area contributed by atoms with Crippen LogP contribution in [0, 0.1) is 0 Å². The Bertz CT molecular complexity index is 767. The third kappa shape index (κ3) is 6.60. The predicted octanol–water partition coefficient (Wildman–Crippen LogP) is 2.82. The van der Waals surface area contributed by atoms with Crippen molar-refractivity contribution in [2.24, 2.45) is 0 Å². The average Bonchev–Trinajstić information content (AvgIpc) is 2.65. The van der Waals surface area contributed by atoms with Crippen molar-refractivity contribution in [3.63, 3.8) is 0 Å². The molecule has 0 heterocycles. The van der Waals surface area contributed by atoms with Crippen LogP contribution in [0.4, 0.5) is 0 Å². The monoisotopic (exact) mass is 354 g/mol. The normalized spacial score (nSPS) is 9.85. The van der Waals surface area contributed by atoms with E-state index in [1.54, 1.807) is 42.5 Å². The van der Waals surface area contributed by atoms with Gasteiger partial charge in [0.15, 0.2) is 6.61 Å². The number of hydrogen-bond donors (Lipinski definition) is 0. The van der Waals surface area contributed by atoms with Gasteiger partial charge in [-0.05, 0) is 17.7 Å². The Morgan fingerprint density at radius 3 is 2.08 bits per heavy atom. The third-order valence-corrected chi connectivity index (χ3v) is 3.19. The molecule has 2 aromatic rings. The van der Waals surface area contributed by atoms with Crippen LogP contribution in [0.2, 0.25) is 0 Å². The van der Waals surface area contributed by atoms with E-state index in [4.69, 9.17) is 14.2 Å². The fraction of sp³-hybridized carbons (Fsp3) is 0.150. The average molecular weight is 354 g/mol. The first-order valence-electron chi connectivity index (χ1n) is 7.85. The summed E-state index contributed by atoms with van der Waals surface area (Å²) in [6, 6.07) is 17.5. The van der Waals surface area contributed by atoms with Crippen LogP contribution in [0.5, 0.6) is 5.75 Å². The van der Waals surface area contributed by atoms with E-state index in [1.807, 2.05) is 18.2 Å². The minimum absolute atomic E-state index is 0.0849. The van der Waals surface area contributed by atoms with Gasteiger partial charge in [-0.1, -0.05) is 55.1 Å². The molecule has 0 saturated heterocycles. The number of carbonyl (C=O) groups excluding carboxylic acids is 3. The van der Waals surface area contributed by atoms with Crippen molar-refractivity contribution in [2.45, 2.75) is 13.0 Å². The SMILES string of the molecule is C=C(CC(=O)Oc1ccccc1)C(=O)OCC(=O)OCc1ccccc1. The zero-order chi connectivity index (χ0) is 18.8. The Morgan fingerprint density at radius 2 is 1.42 bits per heavy atom. The molecule has 6 nitrogen and oxygen atoms in total. The second-order valence-electron chi connectivity index (χ2n) is 5.29. The molecule has 0 spiro atoms. The summed E-state index contributed by atoms with van der Waals surface area (Å²) in [5.41, 5.74) is 0.710. The summed E-state index contributed by atoms with van der Waals surface area (Å²) >= 11 is 0. The largest absolute Gasteiger partial charge is 0.458 e. The lowest BCUT2D eigenvalue weighted by atomic mass is 10.2. The summed E-state index contributed by atoms with van der Waals surface area (Å²) in [6.07, 6.45) is -0.340. The molecule has 6 heteroatoms. The van der Waals surface area contributed by atoms with Gasteiger partial charge >= 0.3 is 17.9 Å². The number of esters is 3. The van der Waals surface area contributed by atoms with Crippen molar-refractivity contribution < 1.29 is 28.6 Å². The van der Waals surface area contributed by atoms with Crippen LogP contribution in [0.25, 0.3) is 0 Å². The van der Waals surface area contributed by atoms with Gasteiger partial charge in [0.05, 0.1) is 6.42 Å². The smallest absolute Gasteiger partial charge is 0.344 e. The fourth-order valence-corrected chi connectivity index (χ4v) is 1.91. The standard InChI is InChI=1S/C20H18O6/c1-15(12-18(21)26-17-10-6-3-7-11-17)20(23)25-14-19(22)24-13-16-8-4-2-5-9-16/h2-11H,1,12-14H2. The highest BCUT2D eigenvalue weighted by Crippen LogP contribution is 2.11. The van der Waals surface area contributed by atoms with Gasteiger partial charge in [-0.3, -0.25) is 4.79 Å². The Balaban J connectivity index is 1.68. The second kappa shape index (κ2) is 9.78. The Hall–Kier alpha value is -3.41. The topological polar surface area (TPSA) is 78.9 Å². The summed E-state index contributed by atoms with van der Waals surface area (Å²) in [6.45, 7) is 3.01. The zero-order valence-corrected chi connectivity index (χ0v) is 14.1. The van der Waals surface area contributed by atoms with Crippen LogP contribution in [-0.4, -0.2) is 24.5 Å². The van der Waals surface area contributed by atoms with E-state index in [0.29, 0.717) is 5.75 Å². The molecule has 0 N–H and O–H groups in total. The lowest BCUT2D eigenvalue weighted by Gasteiger charge is -2.08. The number of ether oxygens (including phenoxy) is 3. The van der Waals surface area contributed by atoms with E-state index < -0.39 is 24.5 Å². The molecular formula is C20H18O6. The van der Waals surface area contributed by atoms with E-state index in [9.17, 15) is 14.4 Å². The molecule has 0 unspecified atom stereocenters. The van der Waals surface area contributed by atoms with Gasteiger partial charge < -0.3 is 14.2 Å². The molecule has 0 radical (unpaired) electrons. The van der Waals surface area contributed by atoms with Crippen LogP contribution < -0.4 is 4.74 Å². The summed E-state index contributed by atoms with van der Waals surface area (Å²) in [7, 11) is 0. The molecule has 2 aromatic carbocycles. The lowest BCUT2D eigenvalue weighted by Crippen LogP contribution is -2.19. The molecule has 0 saturated carbocycles. The van der Waals surface area contributed by atoms with Crippen molar-refractivity contribution in [3.8, 4) is 5.75 Å². The number of carbonyl (C=O) groups is 3. The van der Waals surface area contributed by atoms with Crippen LogP contribution in [0.15, 0.2) is 72.8 Å². The van der Waals surface area contributed by atoms with E-state index >= 15 is 0 Å². The first-order chi connectivity index (χ1) is 12.5. The molecule has 0 aliphatic heterocycles. The van der Waals surface area contributed by atoms with Gasteiger partial charge in [0, 0.05) is 5.57 Å². The number of para-hydroxylation sites is 1. The highest BCUT2D eigenvalue weighted by atomic mass is 16.6. The van der Waals surface area contributed by atoms with Gasteiger partial charge in [0.1, 0.15) is 12.4 Å². The van der Waals surface area contributed by atoms with Crippen LogP contribution in [0.1, 0.15) is 12.0 Å². The maximum atomic E-state index is 11.8. The van der Waals surface area contributed by atoms with E-state index in [2.05, 4.69) is 6.58 Å². The fourth-order valence-electron chi connectivity index (χ4n) is 1.91. The summed E-state index contributed by atoms with van der Waals surface area (Å²) in [5, 5.41) is 0. The Kier molecular flexibility index (Phi) is 7.12. The minimum atomic E-state index is -0.855. The first-order valence-corrected chi connectivity index (χ1v) is 7.85. The van der Waals surface area contributed by atoms with Crippen molar-refractivity contribution in [2.75, 3.05) is 6.61 Å². The maximum absolute atomic E-state index is 11.8. The summed E-state index contributed by atoms with van der Waals surface area (Å²) < 4.78 is 14.8. The van der Waals surface area contributed by atoms with Crippen LogP contribution in [-0.2, 0) is 30.5 Å². The molecule has 0 bridgehead atoms. The molecule has 26 heavy (non-hydrogen) atoms. The minimum Gasteiger partial charge on any atom is -0.458 e. The van der Waals surface area contributed by atoms with Gasteiger partial charge in [-0.25, -0.2) is 9.59 Å². The van der Waals surface area contributed by atoms with E-state index in [0.717, 1.165) is 5.56 Å². The van der Waals surface area contributed by atoms with Crippen molar-refractivity contribution in [1.82, 2.24) is 0 Å². The number of benzene rings is 2. The highest BCUT2D eigenvalue weighted by molar-refractivity contribution is 5.94. The van der Waals surface area contributed by atoms with E-state index in [-0.39, 0.29) is 18.6 Å². The van der Waals surface area contributed by atoms with Crippen LogP contribution in [0.3, 0.4) is 0 Å². The lowest BCUT2D eigenvalue weighted by molar-refractivity contribution is -0.157. The van der Waals surface area contributed by atoms with Crippen molar-refractivity contribution in [3.05, 3.63) is 78.4 Å². The van der Waals surface area contributed by atoms with Gasteiger partial charge in [-0.2, -0.15) is 0 Å². The van der Waals surface area contributed by atoms with E-state index in [1.165, 1.54) is 0 Å². The summed E-state index contributed by atoms with van der Waals surface area (Å²) in [5.74, 6) is -1.83. The maximum Gasteiger partial charge on any atom is 0.344 e. The molecule has 134 valence electrons. The second-order valence-corrected chi connectivity index (χ2v) is 5.29. The van der Waals surface area contributed by atoms with Crippen molar-refractivity contribution in [1.29, 1.82) is 0 Å². The zero-order valence-electron chi connectivity index (χ0n) is 14.1. The number of rotatable bonds is 8. The predicted molar refractivity (Wildman–Crippen MR) is 93.0 cm³/mol. The third-order valence-electron chi connectivity index (χ3n) is 3.19. The number of hydrogen-bond acceptors (Lipinski definition) is 6. The first kappa shape index (κ1) is 18.9. The summed E-state index contributed by atoms with van der Waals surface area (Å²) in [4.78, 5) is 35.1. The van der Waals surface area contributed by atoms with Gasteiger partial charge in [-0.15, -0.1) is 0 Å².